The maximum Gasteiger partial charge on any atom is 0.161 e. The lowest BCUT2D eigenvalue weighted by molar-refractivity contribution is 0.230. The van der Waals surface area contributed by atoms with Gasteiger partial charge in [-0.1, -0.05) is 36.4 Å². The summed E-state index contributed by atoms with van der Waals surface area (Å²) in [6.45, 7) is 3.93. The van der Waals surface area contributed by atoms with Crippen molar-refractivity contribution in [2.24, 2.45) is 0 Å². The van der Waals surface area contributed by atoms with Crippen molar-refractivity contribution >= 4 is 23.0 Å². The Morgan fingerprint density at radius 3 is 2.59 bits per heavy atom. The van der Waals surface area contributed by atoms with Gasteiger partial charge in [0.1, 0.15) is 11.1 Å². The third-order valence-electron chi connectivity index (χ3n) is 3.79. The highest BCUT2D eigenvalue weighted by molar-refractivity contribution is 7.11. The van der Waals surface area contributed by atoms with Gasteiger partial charge in [0.05, 0.1) is 24.5 Å². The molecule has 4 nitrogen and oxygen atoms in total. The molecular formula is C22H20N2O2S. The number of hydrogen-bond acceptors (Lipinski definition) is 5. The van der Waals surface area contributed by atoms with E-state index in [4.69, 9.17) is 9.47 Å². The molecule has 0 aliphatic rings. The fourth-order valence-corrected chi connectivity index (χ4v) is 3.37. The average Bonchev–Trinajstić information content (AvgIpc) is 3.17. The second-order valence-corrected chi connectivity index (χ2v) is 7.01. The highest BCUT2D eigenvalue weighted by atomic mass is 32.1. The van der Waals surface area contributed by atoms with E-state index >= 15 is 0 Å². The normalized spacial score (nSPS) is 11.3. The molecule has 0 N–H and O–H groups in total. The van der Waals surface area contributed by atoms with Gasteiger partial charge in [-0.15, -0.1) is 11.3 Å². The fraction of sp³-hybridized carbons (Fsp3) is 0.182. The largest absolute Gasteiger partial charge is 0.493 e. The molecule has 1 heterocycles. The summed E-state index contributed by atoms with van der Waals surface area (Å²) >= 11 is 1.46. The van der Waals surface area contributed by atoms with E-state index in [9.17, 15) is 5.26 Å². The van der Waals surface area contributed by atoms with E-state index in [1.807, 2.05) is 73.8 Å². The van der Waals surface area contributed by atoms with Crippen molar-refractivity contribution in [1.82, 2.24) is 4.98 Å². The second-order valence-electron chi connectivity index (χ2n) is 6.15. The second kappa shape index (κ2) is 8.52. The van der Waals surface area contributed by atoms with Crippen molar-refractivity contribution < 1.29 is 9.47 Å². The van der Waals surface area contributed by atoms with E-state index < -0.39 is 0 Å². The van der Waals surface area contributed by atoms with Crippen LogP contribution in [-0.4, -0.2) is 18.2 Å². The molecule has 5 heteroatoms. The molecule has 3 rings (SSSR count). The minimum absolute atomic E-state index is 0.0571. The van der Waals surface area contributed by atoms with Crippen LogP contribution in [0.3, 0.4) is 0 Å². The lowest BCUT2D eigenvalue weighted by Gasteiger charge is -2.13. The summed E-state index contributed by atoms with van der Waals surface area (Å²) in [6.07, 6.45) is 1.87. The molecular weight excluding hydrogens is 356 g/mol. The molecule has 0 aliphatic carbocycles. The number of benzene rings is 2. The fourth-order valence-electron chi connectivity index (χ4n) is 2.57. The number of ether oxygens (including phenoxy) is 2. The lowest BCUT2D eigenvalue weighted by Crippen LogP contribution is -2.06. The van der Waals surface area contributed by atoms with Crippen molar-refractivity contribution in [3.05, 3.63) is 64.5 Å². The molecule has 136 valence electrons. The molecule has 0 saturated carbocycles. The molecule has 3 aromatic rings. The topological polar surface area (TPSA) is 55.1 Å². The molecule has 0 fully saturated rings. The number of nitriles is 1. The summed E-state index contributed by atoms with van der Waals surface area (Å²) < 4.78 is 11.2. The smallest absolute Gasteiger partial charge is 0.161 e. The maximum absolute atomic E-state index is 9.61. The van der Waals surface area contributed by atoms with Crippen LogP contribution in [-0.2, 0) is 0 Å². The summed E-state index contributed by atoms with van der Waals surface area (Å²) in [7, 11) is 1.61. The van der Waals surface area contributed by atoms with Gasteiger partial charge in [0, 0.05) is 10.9 Å². The van der Waals surface area contributed by atoms with Gasteiger partial charge in [-0.05, 0) is 37.6 Å². The van der Waals surface area contributed by atoms with E-state index in [2.05, 4.69) is 11.1 Å². The zero-order chi connectivity index (χ0) is 19.2. The van der Waals surface area contributed by atoms with Gasteiger partial charge in [-0.25, -0.2) is 4.98 Å². The summed E-state index contributed by atoms with van der Waals surface area (Å²) in [5, 5.41) is 12.3. The van der Waals surface area contributed by atoms with Crippen LogP contribution in [0.5, 0.6) is 11.5 Å². The van der Waals surface area contributed by atoms with Crippen LogP contribution in [0.25, 0.3) is 22.9 Å². The first-order valence-corrected chi connectivity index (χ1v) is 9.46. The van der Waals surface area contributed by atoms with Crippen molar-refractivity contribution in [3.8, 4) is 28.8 Å². The van der Waals surface area contributed by atoms with E-state index in [0.717, 1.165) is 16.8 Å². The van der Waals surface area contributed by atoms with Gasteiger partial charge in [0.15, 0.2) is 11.5 Å². The van der Waals surface area contributed by atoms with Crippen molar-refractivity contribution in [1.29, 1.82) is 5.26 Å². The van der Waals surface area contributed by atoms with Crippen LogP contribution in [0.2, 0.25) is 0 Å². The van der Waals surface area contributed by atoms with E-state index in [0.29, 0.717) is 22.1 Å². The number of aromatic nitrogens is 1. The van der Waals surface area contributed by atoms with Gasteiger partial charge < -0.3 is 9.47 Å². The SMILES string of the molecule is COc1cc(/C=C(/C#N)c2nc(-c3ccccc3)cs2)ccc1OC(C)C. The third kappa shape index (κ3) is 4.55. The van der Waals surface area contributed by atoms with Crippen molar-refractivity contribution in [2.75, 3.05) is 7.11 Å². The molecule has 0 saturated heterocycles. The monoisotopic (exact) mass is 376 g/mol. The van der Waals surface area contributed by atoms with E-state index in [1.54, 1.807) is 7.11 Å². The Labute approximate surface area is 163 Å². The molecule has 27 heavy (non-hydrogen) atoms. The van der Waals surface area contributed by atoms with Gasteiger partial charge in [-0.3, -0.25) is 0 Å². The van der Waals surface area contributed by atoms with Crippen LogP contribution < -0.4 is 9.47 Å². The Morgan fingerprint density at radius 1 is 1.15 bits per heavy atom. The molecule has 0 bridgehead atoms. The molecule has 0 unspecified atom stereocenters. The Bertz CT molecular complexity index is 985. The molecule has 0 aliphatic heterocycles. The molecule has 0 spiro atoms. The van der Waals surface area contributed by atoms with E-state index in [1.165, 1.54) is 11.3 Å². The van der Waals surface area contributed by atoms with Crippen LogP contribution in [0.1, 0.15) is 24.4 Å². The maximum atomic E-state index is 9.61. The summed E-state index contributed by atoms with van der Waals surface area (Å²) in [5.74, 6) is 1.32. The Hall–Kier alpha value is -3.10. The molecule has 0 atom stereocenters. The minimum Gasteiger partial charge on any atom is -0.493 e. The van der Waals surface area contributed by atoms with Gasteiger partial charge >= 0.3 is 0 Å². The van der Waals surface area contributed by atoms with Crippen LogP contribution in [0, 0.1) is 11.3 Å². The predicted octanol–water partition coefficient (Wildman–Crippen LogP) is 5.67. The lowest BCUT2D eigenvalue weighted by atomic mass is 10.1. The first-order valence-electron chi connectivity index (χ1n) is 8.58. The quantitative estimate of drug-likeness (QED) is 0.520. The predicted molar refractivity (Wildman–Crippen MR) is 110 cm³/mol. The van der Waals surface area contributed by atoms with E-state index in [-0.39, 0.29) is 6.10 Å². The van der Waals surface area contributed by atoms with Crippen molar-refractivity contribution in [2.45, 2.75) is 20.0 Å². The number of thiazole rings is 1. The van der Waals surface area contributed by atoms with Crippen molar-refractivity contribution in [3.63, 3.8) is 0 Å². The molecule has 1 aromatic heterocycles. The Balaban J connectivity index is 1.91. The Morgan fingerprint density at radius 2 is 1.93 bits per heavy atom. The zero-order valence-corrected chi connectivity index (χ0v) is 16.3. The molecule has 0 amide bonds. The van der Waals surface area contributed by atoms with Crippen LogP contribution in [0.15, 0.2) is 53.9 Å². The summed E-state index contributed by atoms with van der Waals surface area (Å²) in [6, 6.07) is 17.8. The Kier molecular flexibility index (Phi) is 5.90. The highest BCUT2D eigenvalue weighted by Gasteiger charge is 2.11. The van der Waals surface area contributed by atoms with Gasteiger partial charge in [-0.2, -0.15) is 5.26 Å². The first-order chi connectivity index (χ1) is 13.1. The average molecular weight is 376 g/mol. The number of nitrogens with zero attached hydrogens (tertiary/aromatic N) is 2. The summed E-state index contributed by atoms with van der Waals surface area (Å²) in [4.78, 5) is 4.62. The first kappa shape index (κ1) is 18.7. The van der Waals surface area contributed by atoms with Crippen LogP contribution in [0.4, 0.5) is 0 Å². The number of methoxy groups -OCH3 is 1. The van der Waals surface area contributed by atoms with Crippen LogP contribution >= 0.6 is 11.3 Å². The zero-order valence-electron chi connectivity index (χ0n) is 15.5. The third-order valence-corrected chi connectivity index (χ3v) is 4.66. The van der Waals surface area contributed by atoms with Gasteiger partial charge in [0.25, 0.3) is 0 Å². The van der Waals surface area contributed by atoms with Gasteiger partial charge in [0.2, 0.25) is 0 Å². The number of rotatable bonds is 6. The molecule has 2 aromatic carbocycles. The molecule has 0 radical (unpaired) electrons. The standard InChI is InChI=1S/C22H20N2O2S/c1-15(2)26-20-10-9-16(12-21(20)25-3)11-18(13-23)22-24-19(14-27-22)17-7-5-4-6-8-17/h4-12,14-15H,1-3H3/b18-11-. The minimum atomic E-state index is 0.0571. The summed E-state index contributed by atoms with van der Waals surface area (Å²) in [5.41, 5.74) is 3.28. The number of allylic oxidation sites excluding steroid dienone is 1. The highest BCUT2D eigenvalue weighted by Crippen LogP contribution is 2.31. The number of hydrogen-bond donors (Lipinski definition) is 0.